The smallest absolute Gasteiger partial charge is 0.255 e. The van der Waals surface area contributed by atoms with Crippen LogP contribution in [0.1, 0.15) is 34.3 Å². The fraction of sp³-hybridized carbons (Fsp3) is 0.208. The Hall–Kier alpha value is -3.67. The van der Waals surface area contributed by atoms with Crippen LogP contribution in [-0.2, 0) is 17.9 Å². The molecule has 2 aliphatic heterocycles. The van der Waals surface area contributed by atoms with Crippen LogP contribution in [0.15, 0.2) is 67.1 Å². The van der Waals surface area contributed by atoms with Gasteiger partial charge in [0.15, 0.2) is 0 Å². The summed E-state index contributed by atoms with van der Waals surface area (Å²) < 4.78 is 0. The van der Waals surface area contributed by atoms with Crippen LogP contribution >= 0.6 is 0 Å². The van der Waals surface area contributed by atoms with Crippen molar-refractivity contribution in [2.24, 2.45) is 0 Å². The maximum Gasteiger partial charge on any atom is 0.255 e. The van der Waals surface area contributed by atoms with Crippen molar-refractivity contribution in [3.05, 3.63) is 83.8 Å². The lowest BCUT2D eigenvalue weighted by molar-refractivity contribution is -0.126. The lowest BCUT2D eigenvalue weighted by Gasteiger charge is -2.30. The molecule has 1 atom stereocenters. The first-order chi connectivity index (χ1) is 14.6. The quantitative estimate of drug-likeness (QED) is 0.704. The van der Waals surface area contributed by atoms with Crippen molar-refractivity contribution in [1.29, 1.82) is 0 Å². The van der Waals surface area contributed by atoms with E-state index in [2.05, 4.69) is 40.4 Å². The Morgan fingerprint density at radius 3 is 2.90 bits per heavy atom. The zero-order valence-electron chi connectivity index (χ0n) is 16.5. The van der Waals surface area contributed by atoms with Crippen LogP contribution in [0.4, 0.5) is 5.69 Å². The van der Waals surface area contributed by atoms with Crippen LogP contribution in [-0.4, -0.2) is 27.7 Å². The van der Waals surface area contributed by atoms with Gasteiger partial charge in [-0.05, 0) is 59.7 Å². The van der Waals surface area contributed by atoms with Gasteiger partial charge in [0.1, 0.15) is 6.04 Å². The number of hydrogen-bond donors (Lipinski definition) is 2. The van der Waals surface area contributed by atoms with E-state index in [0.29, 0.717) is 31.5 Å². The molecule has 1 unspecified atom stereocenters. The first kappa shape index (κ1) is 18.4. The van der Waals surface area contributed by atoms with E-state index < -0.39 is 6.04 Å². The summed E-state index contributed by atoms with van der Waals surface area (Å²) in [5.74, 6) is -0.220. The molecule has 1 aromatic heterocycles. The van der Waals surface area contributed by atoms with Crippen LogP contribution in [0.2, 0.25) is 0 Å². The maximum atomic E-state index is 12.8. The number of carbonyl (C=O) groups is 2. The molecule has 2 N–H and O–H groups in total. The number of pyridine rings is 1. The number of nitrogens with one attached hydrogen (secondary N) is 2. The molecule has 1 saturated heterocycles. The predicted octanol–water partition coefficient (Wildman–Crippen LogP) is 3.60. The second kappa shape index (κ2) is 7.30. The van der Waals surface area contributed by atoms with Gasteiger partial charge >= 0.3 is 0 Å². The lowest BCUT2D eigenvalue weighted by Crippen LogP contribution is -2.49. The van der Waals surface area contributed by atoms with Gasteiger partial charge in [0.2, 0.25) is 5.91 Å². The van der Waals surface area contributed by atoms with Crippen LogP contribution in [0, 0.1) is 0 Å². The lowest BCUT2D eigenvalue weighted by atomic mass is 10.0. The predicted molar refractivity (Wildman–Crippen MR) is 116 cm³/mol. The Morgan fingerprint density at radius 1 is 1.13 bits per heavy atom. The number of benzene rings is 2. The van der Waals surface area contributed by atoms with E-state index in [1.165, 1.54) is 5.39 Å². The van der Waals surface area contributed by atoms with Gasteiger partial charge in [0, 0.05) is 47.8 Å². The third-order valence-electron chi connectivity index (χ3n) is 5.84. The molecule has 6 heteroatoms. The molecule has 0 spiro atoms. The van der Waals surface area contributed by atoms with Crippen LogP contribution < -0.4 is 10.6 Å². The molecule has 30 heavy (non-hydrogen) atoms. The van der Waals surface area contributed by atoms with Gasteiger partial charge in [-0.15, -0.1) is 0 Å². The van der Waals surface area contributed by atoms with Crippen molar-refractivity contribution in [3.63, 3.8) is 0 Å². The molecule has 0 saturated carbocycles. The van der Waals surface area contributed by atoms with Gasteiger partial charge in [0.05, 0.1) is 0 Å². The Morgan fingerprint density at radius 2 is 2.03 bits per heavy atom. The molecule has 0 bridgehead atoms. The molecule has 0 radical (unpaired) electrons. The Bertz CT molecular complexity index is 1190. The summed E-state index contributed by atoms with van der Waals surface area (Å²) in [4.78, 5) is 31.0. The summed E-state index contributed by atoms with van der Waals surface area (Å²) in [5, 5.41) is 8.49. The van der Waals surface area contributed by atoms with E-state index in [1.807, 2.05) is 30.5 Å². The highest BCUT2D eigenvalue weighted by atomic mass is 16.2. The first-order valence-corrected chi connectivity index (χ1v) is 10.1. The van der Waals surface area contributed by atoms with Crippen LogP contribution in [0.5, 0.6) is 0 Å². The standard InChI is InChI=1S/C24H22N4O2/c1-15-2-7-22(23(29)27-15)28-14-19-11-20(5-6-21(19)24(28)30)26-12-16-3-4-17-8-9-25-13-18(17)10-16/h3-6,8-11,13,22,26H,1-2,7,12,14H2,(H,27,29). The van der Waals surface area contributed by atoms with Gasteiger partial charge in [-0.25, -0.2) is 0 Å². The number of piperidine rings is 1. The van der Waals surface area contributed by atoms with Gasteiger partial charge in [-0.3, -0.25) is 14.6 Å². The normalized spacial score (nSPS) is 18.5. The van der Waals surface area contributed by atoms with Gasteiger partial charge in [-0.2, -0.15) is 0 Å². The summed E-state index contributed by atoms with van der Waals surface area (Å²) in [5.41, 5.74) is 4.46. The highest BCUT2D eigenvalue weighted by Crippen LogP contribution is 2.30. The molecular formula is C24H22N4O2. The highest BCUT2D eigenvalue weighted by molar-refractivity contribution is 6.01. The summed E-state index contributed by atoms with van der Waals surface area (Å²) in [6, 6.07) is 13.7. The largest absolute Gasteiger partial charge is 0.381 e. The minimum atomic E-state index is -0.432. The number of allylic oxidation sites excluding steroid dienone is 1. The zero-order chi connectivity index (χ0) is 20.7. The van der Waals surface area contributed by atoms with Crippen molar-refractivity contribution < 1.29 is 9.59 Å². The number of carbonyl (C=O) groups excluding carboxylic acids is 2. The molecule has 5 rings (SSSR count). The van der Waals surface area contributed by atoms with Crippen molar-refractivity contribution >= 4 is 28.3 Å². The summed E-state index contributed by atoms with van der Waals surface area (Å²) in [7, 11) is 0. The number of anilines is 1. The third-order valence-corrected chi connectivity index (χ3v) is 5.84. The maximum absolute atomic E-state index is 12.8. The van der Waals surface area contributed by atoms with Crippen molar-refractivity contribution in [3.8, 4) is 0 Å². The molecule has 0 aliphatic carbocycles. The molecule has 6 nitrogen and oxygen atoms in total. The van der Waals surface area contributed by atoms with Gasteiger partial charge in [0.25, 0.3) is 5.91 Å². The van der Waals surface area contributed by atoms with E-state index in [9.17, 15) is 9.59 Å². The molecular weight excluding hydrogens is 376 g/mol. The fourth-order valence-electron chi connectivity index (χ4n) is 4.21. The van der Waals surface area contributed by atoms with E-state index in [1.54, 1.807) is 11.1 Å². The summed E-state index contributed by atoms with van der Waals surface area (Å²) in [6.45, 7) is 4.94. The number of hydrogen-bond acceptors (Lipinski definition) is 4. The van der Waals surface area contributed by atoms with E-state index >= 15 is 0 Å². The second-order valence-corrected chi connectivity index (χ2v) is 7.86. The number of rotatable bonds is 4. The average Bonchev–Trinajstić information content (AvgIpc) is 3.08. The van der Waals surface area contributed by atoms with Crippen molar-refractivity contribution in [2.45, 2.75) is 32.0 Å². The first-order valence-electron chi connectivity index (χ1n) is 10.1. The van der Waals surface area contributed by atoms with Crippen LogP contribution in [0.25, 0.3) is 10.8 Å². The Labute approximate surface area is 174 Å². The van der Waals surface area contributed by atoms with Gasteiger partial charge < -0.3 is 15.5 Å². The fourth-order valence-corrected chi connectivity index (χ4v) is 4.21. The topological polar surface area (TPSA) is 74.3 Å². The molecule has 3 heterocycles. The van der Waals surface area contributed by atoms with Crippen molar-refractivity contribution in [1.82, 2.24) is 15.2 Å². The molecule has 2 aliphatic rings. The molecule has 3 aromatic rings. The average molecular weight is 398 g/mol. The number of aromatic nitrogens is 1. The van der Waals surface area contributed by atoms with Crippen molar-refractivity contribution in [2.75, 3.05) is 5.32 Å². The van der Waals surface area contributed by atoms with E-state index in [4.69, 9.17) is 0 Å². The Kier molecular flexibility index (Phi) is 4.47. The zero-order valence-corrected chi connectivity index (χ0v) is 16.5. The SMILES string of the molecule is C=C1CCC(N2Cc3cc(NCc4ccc5ccncc5c4)ccc3C2=O)C(=O)N1. The monoisotopic (exact) mass is 398 g/mol. The van der Waals surface area contributed by atoms with E-state index in [-0.39, 0.29) is 11.8 Å². The molecule has 2 aromatic carbocycles. The van der Waals surface area contributed by atoms with Crippen LogP contribution in [0.3, 0.4) is 0 Å². The minimum Gasteiger partial charge on any atom is -0.381 e. The third kappa shape index (κ3) is 3.30. The highest BCUT2D eigenvalue weighted by Gasteiger charge is 2.38. The molecule has 150 valence electrons. The summed E-state index contributed by atoms with van der Waals surface area (Å²) >= 11 is 0. The Balaban J connectivity index is 1.30. The van der Waals surface area contributed by atoms with Gasteiger partial charge in [-0.1, -0.05) is 18.7 Å². The summed E-state index contributed by atoms with van der Waals surface area (Å²) in [6.07, 6.45) is 4.98. The minimum absolute atomic E-state index is 0.0776. The number of amides is 2. The molecule has 1 fully saturated rings. The number of nitrogens with zero attached hydrogens (tertiary/aromatic N) is 2. The second-order valence-electron chi connectivity index (χ2n) is 7.86. The number of fused-ring (bicyclic) bond motifs is 2. The molecule has 2 amide bonds. The van der Waals surface area contributed by atoms with E-state index in [0.717, 1.165) is 27.9 Å².